The summed E-state index contributed by atoms with van der Waals surface area (Å²) in [6, 6.07) is 11.5. The average molecular weight is 466 g/mol. The Bertz CT molecular complexity index is 1140. The normalized spacial score (nSPS) is 12.9. The van der Waals surface area contributed by atoms with Crippen LogP contribution in [-0.2, 0) is 14.8 Å². The van der Waals surface area contributed by atoms with Crippen molar-refractivity contribution in [3.8, 4) is 0 Å². The van der Waals surface area contributed by atoms with Gasteiger partial charge in [0.15, 0.2) is 0 Å². The van der Waals surface area contributed by atoms with Crippen LogP contribution in [0.1, 0.15) is 41.6 Å². The van der Waals surface area contributed by atoms with E-state index in [4.69, 9.17) is 9.15 Å². The summed E-state index contributed by atoms with van der Waals surface area (Å²) in [5.41, 5.74) is 1.81. The Morgan fingerprint density at radius 3 is 2.68 bits per heavy atom. The molecular formula is C20H20BrNO5S. The van der Waals surface area contributed by atoms with Gasteiger partial charge in [0.25, 0.3) is 0 Å². The van der Waals surface area contributed by atoms with Crippen molar-refractivity contribution in [1.82, 2.24) is 4.72 Å². The summed E-state index contributed by atoms with van der Waals surface area (Å²) in [4.78, 5) is 12.1. The molecule has 1 unspecified atom stereocenters. The molecule has 1 heterocycles. The van der Waals surface area contributed by atoms with Gasteiger partial charge in [-0.3, -0.25) is 0 Å². The Labute approximate surface area is 172 Å². The number of rotatable bonds is 6. The van der Waals surface area contributed by atoms with Gasteiger partial charge in [-0.05, 0) is 56.7 Å². The minimum absolute atomic E-state index is 0.0851. The number of carbonyl (C=O) groups excluding carboxylic acids is 1. The van der Waals surface area contributed by atoms with Crippen LogP contribution >= 0.6 is 15.9 Å². The highest BCUT2D eigenvalue weighted by Gasteiger charge is 2.23. The summed E-state index contributed by atoms with van der Waals surface area (Å²) in [7, 11) is -3.77. The van der Waals surface area contributed by atoms with E-state index in [9.17, 15) is 13.2 Å². The van der Waals surface area contributed by atoms with E-state index >= 15 is 0 Å². The third-order valence-electron chi connectivity index (χ3n) is 4.36. The van der Waals surface area contributed by atoms with Crippen molar-refractivity contribution in [3.63, 3.8) is 0 Å². The lowest BCUT2D eigenvalue weighted by atomic mass is 10.1. The summed E-state index contributed by atoms with van der Waals surface area (Å²) in [5, 5.41) is 0.557. The maximum Gasteiger partial charge on any atom is 0.374 e. The molecule has 28 heavy (non-hydrogen) atoms. The molecule has 0 spiro atoms. The fourth-order valence-electron chi connectivity index (χ4n) is 2.90. The van der Waals surface area contributed by atoms with Crippen LogP contribution in [0, 0.1) is 6.92 Å². The third kappa shape index (κ3) is 4.14. The highest BCUT2D eigenvalue weighted by atomic mass is 79.9. The molecule has 0 fully saturated rings. The SMILES string of the molecule is CCOC(=O)c1oc2ccc(S(=O)(=O)NC(C)c3cccc(Br)c3)cc2c1C. The van der Waals surface area contributed by atoms with Crippen molar-refractivity contribution in [2.24, 2.45) is 0 Å². The lowest BCUT2D eigenvalue weighted by Gasteiger charge is -2.15. The molecule has 0 aliphatic carbocycles. The van der Waals surface area contributed by atoms with E-state index in [-0.39, 0.29) is 17.3 Å². The minimum atomic E-state index is -3.77. The van der Waals surface area contributed by atoms with Crippen molar-refractivity contribution in [1.29, 1.82) is 0 Å². The van der Waals surface area contributed by atoms with Gasteiger partial charge in [0.2, 0.25) is 15.8 Å². The summed E-state index contributed by atoms with van der Waals surface area (Å²) in [6.45, 7) is 5.41. The van der Waals surface area contributed by atoms with E-state index in [0.29, 0.717) is 16.5 Å². The largest absolute Gasteiger partial charge is 0.460 e. The molecule has 148 valence electrons. The molecule has 0 amide bonds. The molecule has 0 radical (unpaired) electrons. The molecule has 1 atom stereocenters. The van der Waals surface area contributed by atoms with Gasteiger partial charge in [-0.15, -0.1) is 0 Å². The van der Waals surface area contributed by atoms with Crippen molar-refractivity contribution in [3.05, 3.63) is 63.8 Å². The zero-order valence-corrected chi connectivity index (χ0v) is 18.1. The predicted molar refractivity (Wildman–Crippen MR) is 110 cm³/mol. The van der Waals surface area contributed by atoms with Crippen LogP contribution in [0.25, 0.3) is 11.0 Å². The van der Waals surface area contributed by atoms with E-state index in [1.165, 1.54) is 12.1 Å². The first-order valence-electron chi connectivity index (χ1n) is 8.71. The Balaban J connectivity index is 1.93. The van der Waals surface area contributed by atoms with Crippen LogP contribution in [0.4, 0.5) is 0 Å². The fraction of sp³-hybridized carbons (Fsp3) is 0.250. The first kappa shape index (κ1) is 20.6. The molecule has 0 aliphatic heterocycles. The zero-order valence-electron chi connectivity index (χ0n) is 15.7. The van der Waals surface area contributed by atoms with Gasteiger partial charge >= 0.3 is 5.97 Å². The molecule has 0 aliphatic rings. The van der Waals surface area contributed by atoms with E-state index in [0.717, 1.165) is 10.0 Å². The Morgan fingerprint density at radius 1 is 1.25 bits per heavy atom. The van der Waals surface area contributed by atoms with Crippen LogP contribution in [0.2, 0.25) is 0 Å². The second kappa shape index (κ2) is 8.06. The molecule has 6 nitrogen and oxygen atoms in total. The molecule has 2 aromatic carbocycles. The lowest BCUT2D eigenvalue weighted by molar-refractivity contribution is 0.0491. The maximum atomic E-state index is 12.9. The number of aryl methyl sites for hydroxylation is 1. The number of nitrogens with one attached hydrogen (secondary N) is 1. The molecule has 1 N–H and O–H groups in total. The highest BCUT2D eigenvalue weighted by molar-refractivity contribution is 9.10. The van der Waals surface area contributed by atoms with Gasteiger partial charge in [0, 0.05) is 21.5 Å². The van der Waals surface area contributed by atoms with Gasteiger partial charge in [-0.2, -0.15) is 0 Å². The fourth-order valence-corrected chi connectivity index (χ4v) is 4.58. The van der Waals surface area contributed by atoms with Crippen LogP contribution < -0.4 is 4.72 Å². The van der Waals surface area contributed by atoms with E-state index in [1.807, 2.05) is 24.3 Å². The number of benzene rings is 2. The van der Waals surface area contributed by atoms with Gasteiger partial charge in [0.1, 0.15) is 5.58 Å². The van der Waals surface area contributed by atoms with Crippen LogP contribution in [0.15, 0.2) is 56.2 Å². The van der Waals surface area contributed by atoms with E-state index in [1.54, 1.807) is 26.8 Å². The Kier molecular flexibility index (Phi) is 5.92. The summed E-state index contributed by atoms with van der Waals surface area (Å²) >= 11 is 3.39. The second-order valence-corrected chi connectivity index (χ2v) is 8.96. The number of esters is 1. The average Bonchev–Trinajstić information content (AvgIpc) is 2.98. The topological polar surface area (TPSA) is 85.6 Å². The highest BCUT2D eigenvalue weighted by Crippen LogP contribution is 2.29. The first-order valence-corrected chi connectivity index (χ1v) is 11.0. The van der Waals surface area contributed by atoms with Gasteiger partial charge in [-0.25, -0.2) is 17.9 Å². The van der Waals surface area contributed by atoms with Gasteiger partial charge < -0.3 is 9.15 Å². The smallest absolute Gasteiger partial charge is 0.374 e. The molecule has 0 bridgehead atoms. The second-order valence-electron chi connectivity index (χ2n) is 6.33. The van der Waals surface area contributed by atoms with Crippen LogP contribution in [0.5, 0.6) is 0 Å². The van der Waals surface area contributed by atoms with Crippen molar-refractivity contribution in [2.45, 2.75) is 31.7 Å². The first-order chi connectivity index (χ1) is 13.2. The van der Waals surface area contributed by atoms with Crippen molar-refractivity contribution < 1.29 is 22.4 Å². The number of sulfonamides is 1. The van der Waals surface area contributed by atoms with Gasteiger partial charge in [-0.1, -0.05) is 28.1 Å². The predicted octanol–water partition coefficient (Wildman–Crippen LogP) is 4.72. The minimum Gasteiger partial charge on any atom is -0.460 e. The summed E-state index contributed by atoms with van der Waals surface area (Å²) < 4.78 is 39.8. The van der Waals surface area contributed by atoms with E-state index in [2.05, 4.69) is 20.7 Å². The number of furan rings is 1. The Hall–Kier alpha value is -2.16. The molecule has 0 saturated heterocycles. The van der Waals surface area contributed by atoms with Crippen molar-refractivity contribution in [2.75, 3.05) is 6.61 Å². The van der Waals surface area contributed by atoms with E-state index < -0.39 is 22.0 Å². The number of halogens is 1. The maximum absolute atomic E-state index is 12.9. The lowest BCUT2D eigenvalue weighted by Crippen LogP contribution is -2.26. The summed E-state index contributed by atoms with van der Waals surface area (Å²) in [6.07, 6.45) is 0. The van der Waals surface area contributed by atoms with Crippen LogP contribution in [0.3, 0.4) is 0 Å². The molecule has 3 rings (SSSR count). The number of fused-ring (bicyclic) bond motifs is 1. The number of hydrogen-bond donors (Lipinski definition) is 1. The Morgan fingerprint density at radius 2 is 2.00 bits per heavy atom. The molecule has 8 heteroatoms. The molecule has 0 saturated carbocycles. The van der Waals surface area contributed by atoms with Crippen molar-refractivity contribution >= 4 is 42.9 Å². The standard InChI is InChI=1S/C20H20BrNO5S/c1-4-26-20(23)19-12(2)17-11-16(8-9-18(17)27-19)28(24,25)22-13(3)14-6-5-7-15(21)10-14/h5-11,13,22H,4H2,1-3H3. The third-order valence-corrected chi connectivity index (χ3v) is 6.39. The molecular weight excluding hydrogens is 446 g/mol. The number of carbonyl (C=O) groups is 1. The quantitative estimate of drug-likeness (QED) is 0.532. The monoisotopic (exact) mass is 465 g/mol. The van der Waals surface area contributed by atoms with Gasteiger partial charge in [0.05, 0.1) is 11.5 Å². The summed E-state index contributed by atoms with van der Waals surface area (Å²) in [5.74, 6) is -0.483. The zero-order chi connectivity index (χ0) is 20.5. The van der Waals surface area contributed by atoms with Crippen LogP contribution in [-0.4, -0.2) is 21.0 Å². The number of hydrogen-bond acceptors (Lipinski definition) is 5. The number of ether oxygens (including phenoxy) is 1. The molecule has 1 aromatic heterocycles. The molecule has 3 aromatic rings.